The molecule has 9 nitrogen and oxygen atoms in total. The summed E-state index contributed by atoms with van der Waals surface area (Å²) in [7, 11) is 1.77. The van der Waals surface area contributed by atoms with Gasteiger partial charge < -0.3 is 5.32 Å². The molecule has 0 bridgehead atoms. The Balaban J connectivity index is 1.45. The molecule has 3 aromatic heterocycles. The molecule has 11 heteroatoms. The van der Waals surface area contributed by atoms with Crippen molar-refractivity contribution >= 4 is 57.4 Å². The molecule has 6 rings (SSSR count). The van der Waals surface area contributed by atoms with Gasteiger partial charge in [-0.2, -0.15) is 0 Å². The Kier molecular flexibility index (Phi) is 7.16. The third kappa shape index (κ3) is 4.72. The minimum Gasteiger partial charge on any atom is -0.367 e. The predicted molar refractivity (Wildman–Crippen MR) is 168 cm³/mol. The maximum absolute atomic E-state index is 13.9. The number of thiocarbonyl (C=S) groups is 1. The van der Waals surface area contributed by atoms with E-state index in [-0.39, 0.29) is 32.1 Å². The van der Waals surface area contributed by atoms with Gasteiger partial charge in [0.25, 0.3) is 17.0 Å². The van der Waals surface area contributed by atoms with Crippen molar-refractivity contribution in [1.82, 2.24) is 18.7 Å². The minimum atomic E-state index is -0.441. The van der Waals surface area contributed by atoms with Gasteiger partial charge in [-0.05, 0) is 56.5 Å². The molecular formula is C30H30N6O3S2. The number of aromatic nitrogens is 4. The molecule has 0 unspecified atom stereocenters. The highest BCUT2D eigenvalue weighted by atomic mass is 32.2. The fraction of sp³-hybridized carbons (Fsp3) is 0.300. The molecule has 1 aliphatic heterocycles. The molecule has 210 valence electrons. The van der Waals surface area contributed by atoms with Crippen molar-refractivity contribution in [2.75, 3.05) is 10.2 Å². The molecule has 4 heterocycles. The van der Waals surface area contributed by atoms with Crippen LogP contribution in [0, 0.1) is 13.8 Å². The first-order valence-electron chi connectivity index (χ1n) is 13.7. The number of amides is 1. The van der Waals surface area contributed by atoms with Crippen LogP contribution in [0.25, 0.3) is 17.4 Å². The maximum atomic E-state index is 13.9. The zero-order valence-electron chi connectivity index (χ0n) is 23.1. The fourth-order valence-corrected chi connectivity index (χ4v) is 6.85. The van der Waals surface area contributed by atoms with Crippen molar-refractivity contribution in [3.8, 4) is 5.69 Å². The van der Waals surface area contributed by atoms with Crippen LogP contribution < -0.4 is 21.3 Å². The van der Waals surface area contributed by atoms with E-state index in [0.717, 1.165) is 43.0 Å². The zero-order chi connectivity index (χ0) is 28.8. The lowest BCUT2D eigenvalue weighted by molar-refractivity contribution is -0.113. The first-order chi connectivity index (χ1) is 19.8. The van der Waals surface area contributed by atoms with Crippen LogP contribution in [-0.2, 0) is 11.8 Å². The molecule has 0 radical (unpaired) electrons. The predicted octanol–water partition coefficient (Wildman–Crippen LogP) is 4.95. The molecule has 1 saturated carbocycles. The van der Waals surface area contributed by atoms with E-state index >= 15 is 0 Å². The third-order valence-corrected chi connectivity index (χ3v) is 9.15. The van der Waals surface area contributed by atoms with Crippen LogP contribution in [0.5, 0.6) is 0 Å². The van der Waals surface area contributed by atoms with Crippen molar-refractivity contribution in [2.45, 2.75) is 52.0 Å². The van der Waals surface area contributed by atoms with Gasteiger partial charge in [0.05, 0.1) is 21.8 Å². The van der Waals surface area contributed by atoms with E-state index in [4.69, 9.17) is 17.2 Å². The molecular weight excluding hydrogens is 557 g/mol. The van der Waals surface area contributed by atoms with Crippen molar-refractivity contribution in [1.29, 1.82) is 0 Å². The number of carbonyl (C=O) groups excluding carboxylic acids is 1. The second-order valence-corrected chi connectivity index (χ2v) is 12.1. The number of pyridine rings is 1. The van der Waals surface area contributed by atoms with E-state index in [2.05, 4.69) is 5.32 Å². The largest absolute Gasteiger partial charge is 0.367 e. The Labute approximate surface area is 246 Å². The van der Waals surface area contributed by atoms with Gasteiger partial charge in [0.15, 0.2) is 4.32 Å². The summed E-state index contributed by atoms with van der Waals surface area (Å²) in [6, 6.07) is 13.2. The van der Waals surface area contributed by atoms with E-state index < -0.39 is 5.91 Å². The lowest BCUT2D eigenvalue weighted by Crippen LogP contribution is -2.33. The number of anilines is 2. The molecule has 2 aliphatic rings. The number of benzene rings is 1. The smallest absolute Gasteiger partial charge is 0.296 e. The Morgan fingerprint density at radius 1 is 1.00 bits per heavy atom. The molecule has 2 fully saturated rings. The number of hydrogen-bond donors (Lipinski definition) is 1. The molecule has 1 N–H and O–H groups in total. The van der Waals surface area contributed by atoms with Crippen LogP contribution in [0.3, 0.4) is 0 Å². The zero-order valence-corrected chi connectivity index (χ0v) is 24.7. The quantitative estimate of drug-likeness (QED) is 0.261. The number of nitrogens with one attached hydrogen (secondary N) is 1. The molecule has 1 aromatic carbocycles. The van der Waals surface area contributed by atoms with Gasteiger partial charge in [0.1, 0.15) is 17.2 Å². The molecule has 1 aliphatic carbocycles. The average molecular weight is 587 g/mol. The summed E-state index contributed by atoms with van der Waals surface area (Å²) in [5.74, 6) is 0.0205. The van der Waals surface area contributed by atoms with Gasteiger partial charge in [-0.25, -0.2) is 9.67 Å². The van der Waals surface area contributed by atoms with Crippen molar-refractivity contribution in [2.24, 2.45) is 7.05 Å². The second-order valence-electron chi connectivity index (χ2n) is 10.5. The molecule has 0 spiro atoms. The Morgan fingerprint density at radius 3 is 2.46 bits per heavy atom. The normalized spacial score (nSPS) is 17.2. The molecule has 1 saturated heterocycles. The van der Waals surface area contributed by atoms with E-state index in [1.807, 2.05) is 43.3 Å². The van der Waals surface area contributed by atoms with E-state index in [1.54, 1.807) is 37.0 Å². The molecule has 4 aromatic rings. The van der Waals surface area contributed by atoms with Crippen LogP contribution in [0.4, 0.5) is 11.5 Å². The van der Waals surface area contributed by atoms with Gasteiger partial charge in [0.2, 0.25) is 0 Å². The van der Waals surface area contributed by atoms with Crippen LogP contribution in [0.2, 0.25) is 0 Å². The maximum Gasteiger partial charge on any atom is 0.296 e. The summed E-state index contributed by atoms with van der Waals surface area (Å²) < 4.78 is 4.97. The number of carbonyl (C=O) groups is 1. The number of aryl methyl sites for hydroxylation is 1. The topological polar surface area (TPSA) is 93.6 Å². The van der Waals surface area contributed by atoms with Gasteiger partial charge in [-0.3, -0.25) is 28.4 Å². The number of hydrogen-bond acceptors (Lipinski definition) is 7. The highest BCUT2D eigenvalue weighted by molar-refractivity contribution is 8.27. The van der Waals surface area contributed by atoms with Crippen molar-refractivity contribution in [3.05, 3.63) is 91.1 Å². The Bertz CT molecular complexity index is 1850. The minimum absolute atomic E-state index is 0.201. The third-order valence-electron chi connectivity index (χ3n) is 7.85. The highest BCUT2D eigenvalue weighted by Gasteiger charge is 2.38. The Morgan fingerprint density at radius 2 is 1.73 bits per heavy atom. The second kappa shape index (κ2) is 10.8. The van der Waals surface area contributed by atoms with Crippen LogP contribution in [-0.4, -0.2) is 35.0 Å². The standard InChI is InChI=1S/C30H30N6O3S2/c1-18-11-10-16-34-26(18)32-25(31-20-12-6-4-7-13-20)22(27(34)37)17-23-28(38)35(30(40)41-23)24-19(2)33(3)36(29(24)39)21-14-8-5-9-15-21/h5,8-11,14-17,20,31H,4,6-7,12-13H2,1-3H3/b23-17+. The van der Waals surface area contributed by atoms with Crippen molar-refractivity contribution < 1.29 is 4.79 Å². The van der Waals surface area contributed by atoms with Crippen LogP contribution in [0.1, 0.15) is 48.9 Å². The van der Waals surface area contributed by atoms with Gasteiger partial charge in [-0.15, -0.1) is 0 Å². The summed E-state index contributed by atoms with van der Waals surface area (Å²) in [6.45, 7) is 3.70. The van der Waals surface area contributed by atoms with E-state index in [0.29, 0.717) is 28.4 Å². The fourth-order valence-electron chi connectivity index (χ4n) is 5.60. The monoisotopic (exact) mass is 586 g/mol. The summed E-state index contributed by atoms with van der Waals surface area (Å²) in [6.07, 6.45) is 8.69. The number of fused-ring (bicyclic) bond motifs is 1. The number of rotatable bonds is 5. The lowest BCUT2D eigenvalue weighted by Gasteiger charge is -2.24. The van der Waals surface area contributed by atoms with Gasteiger partial charge in [0, 0.05) is 19.3 Å². The number of nitrogens with zero attached hydrogens (tertiary/aromatic N) is 5. The summed E-state index contributed by atoms with van der Waals surface area (Å²) in [4.78, 5) is 47.7. The van der Waals surface area contributed by atoms with E-state index in [1.165, 1.54) is 20.4 Å². The Hall–Kier alpha value is -3.96. The first-order valence-corrected chi connectivity index (χ1v) is 14.9. The lowest BCUT2D eigenvalue weighted by atomic mass is 9.95. The summed E-state index contributed by atoms with van der Waals surface area (Å²) in [5.41, 5.74) is 2.60. The van der Waals surface area contributed by atoms with E-state index in [9.17, 15) is 14.4 Å². The average Bonchev–Trinajstić information content (AvgIpc) is 3.36. The number of thioether (sulfide) groups is 1. The summed E-state index contributed by atoms with van der Waals surface area (Å²) in [5, 5.41) is 3.51. The SMILES string of the molecule is Cc1cccn2c(=O)c(/C=C3/SC(=S)N(c4c(C)n(C)n(-c5ccccc5)c4=O)C3=O)c(NC3CCCCC3)nc12. The van der Waals surface area contributed by atoms with Crippen molar-refractivity contribution in [3.63, 3.8) is 0 Å². The molecule has 1 amide bonds. The van der Waals surface area contributed by atoms with Crippen LogP contribution >= 0.6 is 24.0 Å². The molecule has 41 heavy (non-hydrogen) atoms. The highest BCUT2D eigenvalue weighted by Crippen LogP contribution is 2.37. The van der Waals surface area contributed by atoms with Gasteiger partial charge >= 0.3 is 0 Å². The number of para-hydroxylation sites is 1. The van der Waals surface area contributed by atoms with Gasteiger partial charge in [-0.1, -0.05) is 67.5 Å². The first kappa shape index (κ1) is 27.2. The summed E-state index contributed by atoms with van der Waals surface area (Å²) >= 11 is 6.71. The van der Waals surface area contributed by atoms with Crippen LogP contribution in [0.15, 0.2) is 63.2 Å². The molecule has 0 atom stereocenters.